The van der Waals surface area contributed by atoms with Gasteiger partial charge in [0.1, 0.15) is 5.82 Å². The number of fused-ring (bicyclic) bond motifs is 3. The molecule has 0 spiro atoms. The summed E-state index contributed by atoms with van der Waals surface area (Å²) in [5, 5.41) is 3.14. The summed E-state index contributed by atoms with van der Waals surface area (Å²) in [6.45, 7) is 0.417. The van der Waals surface area contributed by atoms with Gasteiger partial charge in [-0.2, -0.15) is 0 Å². The van der Waals surface area contributed by atoms with Crippen LogP contribution in [0, 0.1) is 5.82 Å². The molecule has 23 heavy (non-hydrogen) atoms. The molecule has 2 aromatic heterocycles. The maximum atomic E-state index is 12.9. The number of H-pyrrole nitrogens is 1. The highest BCUT2D eigenvalue weighted by molar-refractivity contribution is 5.79. The van der Waals surface area contributed by atoms with Crippen LogP contribution in [0.25, 0.3) is 16.8 Å². The van der Waals surface area contributed by atoms with E-state index in [0.717, 1.165) is 16.7 Å². The number of halogens is 1. The molecule has 0 aliphatic rings. The van der Waals surface area contributed by atoms with Gasteiger partial charge in [-0.05, 0) is 36.4 Å². The summed E-state index contributed by atoms with van der Waals surface area (Å²) in [5.74, 6) is 0.226. The molecule has 4 aromatic rings. The van der Waals surface area contributed by atoms with Crippen LogP contribution in [-0.4, -0.2) is 14.4 Å². The van der Waals surface area contributed by atoms with Crippen molar-refractivity contribution in [1.29, 1.82) is 0 Å². The quantitative estimate of drug-likeness (QED) is 0.612. The topological polar surface area (TPSA) is 62.2 Å². The summed E-state index contributed by atoms with van der Waals surface area (Å²) in [6.07, 6.45) is 0. The minimum atomic E-state index is -0.283. The number of imidazole rings is 1. The Morgan fingerprint density at radius 1 is 1.13 bits per heavy atom. The summed E-state index contributed by atoms with van der Waals surface area (Å²) in [5.41, 5.74) is 2.90. The molecule has 0 fully saturated rings. The van der Waals surface area contributed by atoms with E-state index in [9.17, 15) is 9.18 Å². The van der Waals surface area contributed by atoms with Crippen LogP contribution in [0.1, 0.15) is 5.69 Å². The van der Waals surface area contributed by atoms with Crippen LogP contribution in [0.5, 0.6) is 0 Å². The van der Waals surface area contributed by atoms with Gasteiger partial charge in [0.15, 0.2) is 0 Å². The predicted molar refractivity (Wildman–Crippen MR) is 87.0 cm³/mol. The van der Waals surface area contributed by atoms with Crippen molar-refractivity contribution in [2.24, 2.45) is 0 Å². The monoisotopic (exact) mass is 308 g/mol. The van der Waals surface area contributed by atoms with Gasteiger partial charge in [-0.25, -0.2) is 13.8 Å². The standard InChI is InChI=1S/C17H13FN4O/c18-11-5-7-12(8-6-11)19-10-13-9-16(23)22-15-4-2-1-3-14(15)21-17(22)20-13/h1-9,19H,10H2,(H,20,21). The fraction of sp³-hybridized carbons (Fsp3) is 0.0588. The molecule has 0 amide bonds. The van der Waals surface area contributed by atoms with Gasteiger partial charge in [-0.3, -0.25) is 4.79 Å². The molecular weight excluding hydrogens is 295 g/mol. The van der Waals surface area contributed by atoms with Crippen LogP contribution in [0.4, 0.5) is 10.1 Å². The molecule has 0 atom stereocenters. The number of nitrogens with one attached hydrogen (secondary N) is 2. The molecule has 2 aromatic carbocycles. The zero-order valence-electron chi connectivity index (χ0n) is 12.1. The van der Waals surface area contributed by atoms with Crippen LogP contribution in [0.2, 0.25) is 0 Å². The highest BCUT2D eigenvalue weighted by Crippen LogP contribution is 2.14. The second-order valence-electron chi connectivity index (χ2n) is 5.25. The summed E-state index contributed by atoms with van der Waals surface area (Å²) >= 11 is 0. The molecule has 0 bridgehead atoms. The smallest absolute Gasteiger partial charge is 0.259 e. The van der Waals surface area contributed by atoms with Gasteiger partial charge in [0, 0.05) is 17.4 Å². The van der Waals surface area contributed by atoms with Crippen molar-refractivity contribution in [3.63, 3.8) is 0 Å². The molecule has 0 unspecified atom stereocenters. The molecule has 0 aliphatic carbocycles. The molecule has 0 aliphatic heterocycles. The maximum absolute atomic E-state index is 12.9. The van der Waals surface area contributed by atoms with E-state index in [1.807, 2.05) is 24.3 Å². The molecule has 5 nitrogen and oxygen atoms in total. The maximum Gasteiger partial charge on any atom is 0.259 e. The van der Waals surface area contributed by atoms with E-state index in [0.29, 0.717) is 18.0 Å². The summed E-state index contributed by atoms with van der Waals surface area (Å²) in [4.78, 5) is 19.9. The summed E-state index contributed by atoms with van der Waals surface area (Å²) in [6, 6.07) is 15.1. The van der Waals surface area contributed by atoms with Gasteiger partial charge in [-0.15, -0.1) is 0 Å². The van der Waals surface area contributed by atoms with E-state index >= 15 is 0 Å². The van der Waals surface area contributed by atoms with Crippen LogP contribution < -0.4 is 10.9 Å². The van der Waals surface area contributed by atoms with Crippen LogP contribution in [-0.2, 0) is 6.54 Å². The van der Waals surface area contributed by atoms with Crippen molar-refractivity contribution >= 4 is 22.5 Å². The highest BCUT2D eigenvalue weighted by atomic mass is 19.1. The van der Waals surface area contributed by atoms with Crippen molar-refractivity contribution in [1.82, 2.24) is 14.4 Å². The number of aromatic nitrogens is 3. The SMILES string of the molecule is O=c1cc(CNc2ccc(F)cc2)[nH]c2nc3ccccc3n12. The highest BCUT2D eigenvalue weighted by Gasteiger charge is 2.08. The first kappa shape index (κ1) is 13.5. The van der Waals surface area contributed by atoms with Gasteiger partial charge >= 0.3 is 0 Å². The van der Waals surface area contributed by atoms with Crippen molar-refractivity contribution in [3.05, 3.63) is 76.5 Å². The Kier molecular flexibility index (Phi) is 3.08. The Hall–Kier alpha value is -3.15. The molecule has 0 saturated heterocycles. The fourth-order valence-electron chi connectivity index (χ4n) is 2.59. The fourth-order valence-corrected chi connectivity index (χ4v) is 2.59. The number of para-hydroxylation sites is 2. The lowest BCUT2D eigenvalue weighted by Gasteiger charge is -2.06. The van der Waals surface area contributed by atoms with Gasteiger partial charge < -0.3 is 10.3 Å². The Balaban J connectivity index is 1.69. The van der Waals surface area contributed by atoms with Crippen molar-refractivity contribution < 1.29 is 4.39 Å². The summed E-state index contributed by atoms with van der Waals surface area (Å²) < 4.78 is 14.4. The molecule has 114 valence electrons. The van der Waals surface area contributed by atoms with E-state index in [1.165, 1.54) is 18.2 Å². The van der Waals surface area contributed by atoms with E-state index in [4.69, 9.17) is 0 Å². The number of hydrogen-bond donors (Lipinski definition) is 2. The molecule has 4 rings (SSSR count). The zero-order valence-corrected chi connectivity index (χ0v) is 12.1. The Morgan fingerprint density at radius 2 is 1.91 bits per heavy atom. The van der Waals surface area contributed by atoms with Gasteiger partial charge in [0.2, 0.25) is 5.78 Å². The molecule has 6 heteroatoms. The number of benzene rings is 2. The normalized spacial score (nSPS) is 11.2. The third kappa shape index (κ3) is 2.44. The lowest BCUT2D eigenvalue weighted by atomic mass is 10.3. The Labute approximate surface area is 130 Å². The van der Waals surface area contributed by atoms with E-state index in [-0.39, 0.29) is 11.4 Å². The van der Waals surface area contributed by atoms with Crippen molar-refractivity contribution in [3.8, 4) is 0 Å². The van der Waals surface area contributed by atoms with Gasteiger partial charge in [-0.1, -0.05) is 12.1 Å². The lowest BCUT2D eigenvalue weighted by molar-refractivity contribution is 0.628. The second-order valence-corrected chi connectivity index (χ2v) is 5.25. The predicted octanol–water partition coefficient (Wildman–Crippen LogP) is 2.93. The zero-order chi connectivity index (χ0) is 15.8. The molecule has 2 N–H and O–H groups in total. The minimum Gasteiger partial charge on any atom is -0.379 e. The number of rotatable bonds is 3. The lowest BCUT2D eigenvalue weighted by Crippen LogP contribution is -2.15. The van der Waals surface area contributed by atoms with E-state index in [2.05, 4.69) is 15.3 Å². The average Bonchev–Trinajstić information content (AvgIpc) is 2.93. The number of nitrogens with zero attached hydrogens (tertiary/aromatic N) is 2. The largest absolute Gasteiger partial charge is 0.379 e. The van der Waals surface area contributed by atoms with Crippen LogP contribution in [0.15, 0.2) is 59.4 Å². The minimum absolute atomic E-state index is 0.136. The first-order valence-electron chi connectivity index (χ1n) is 7.19. The van der Waals surface area contributed by atoms with Crippen molar-refractivity contribution in [2.45, 2.75) is 6.54 Å². The third-order valence-corrected chi connectivity index (χ3v) is 3.68. The Morgan fingerprint density at radius 3 is 2.74 bits per heavy atom. The third-order valence-electron chi connectivity index (χ3n) is 3.68. The Bertz CT molecular complexity index is 1050. The molecule has 0 saturated carbocycles. The first-order chi connectivity index (χ1) is 11.2. The molecule has 0 radical (unpaired) electrons. The first-order valence-corrected chi connectivity index (χ1v) is 7.19. The van der Waals surface area contributed by atoms with Crippen LogP contribution >= 0.6 is 0 Å². The number of aromatic amines is 1. The summed E-state index contributed by atoms with van der Waals surface area (Å²) in [7, 11) is 0. The second kappa shape index (κ2) is 5.24. The number of anilines is 1. The molecular formula is C17H13FN4O. The van der Waals surface area contributed by atoms with E-state index < -0.39 is 0 Å². The van der Waals surface area contributed by atoms with Crippen LogP contribution in [0.3, 0.4) is 0 Å². The van der Waals surface area contributed by atoms with Gasteiger partial charge in [0.05, 0.1) is 17.6 Å². The number of hydrogen-bond acceptors (Lipinski definition) is 3. The van der Waals surface area contributed by atoms with Crippen molar-refractivity contribution in [2.75, 3.05) is 5.32 Å². The van der Waals surface area contributed by atoms with E-state index in [1.54, 1.807) is 16.5 Å². The van der Waals surface area contributed by atoms with Gasteiger partial charge in [0.25, 0.3) is 5.56 Å². The molecule has 2 heterocycles. The average molecular weight is 308 g/mol.